The topological polar surface area (TPSA) is 71.9 Å². The van der Waals surface area contributed by atoms with E-state index in [1.54, 1.807) is 12.1 Å². The Morgan fingerprint density at radius 1 is 1.00 bits per heavy atom. The van der Waals surface area contributed by atoms with Crippen LogP contribution in [-0.4, -0.2) is 48.7 Å². The van der Waals surface area contributed by atoms with Crippen LogP contribution in [0.4, 0.5) is 23.0 Å². The van der Waals surface area contributed by atoms with Gasteiger partial charge in [-0.05, 0) is 17.7 Å². The minimum atomic E-state index is -6.00. The van der Waals surface area contributed by atoms with E-state index in [1.807, 2.05) is 17.0 Å². The van der Waals surface area contributed by atoms with Crippen molar-refractivity contribution in [1.29, 1.82) is 5.39 Å². The first-order valence-electron chi connectivity index (χ1n) is 6.05. The number of hydrogen-bond acceptors (Lipinski definition) is 4. The highest BCUT2D eigenvalue weighted by Gasteiger charge is 2.20. The van der Waals surface area contributed by atoms with Gasteiger partial charge in [0.2, 0.25) is 5.39 Å². The third kappa shape index (κ3) is 11.8. The molecule has 21 heavy (non-hydrogen) atoms. The van der Waals surface area contributed by atoms with E-state index in [1.165, 1.54) is 0 Å². The van der Waals surface area contributed by atoms with E-state index in [2.05, 4.69) is 4.98 Å². The second-order valence-corrected chi connectivity index (χ2v) is 3.98. The van der Waals surface area contributed by atoms with Crippen LogP contribution >= 0.6 is 0 Å². The molecule has 0 aliphatic carbocycles. The lowest BCUT2D eigenvalue weighted by Crippen LogP contribution is -2.29. The van der Waals surface area contributed by atoms with Crippen LogP contribution < -0.4 is 0 Å². The molecule has 0 amide bonds. The normalized spacial score (nSPS) is 10.8. The SMILES string of the molecule is F[B-](F)(F)F.N#[N+]c1ccc(CN(CCO)CCO)cc1. The molecule has 0 aliphatic rings. The molecule has 1 aromatic carbocycles. The third-order valence-electron chi connectivity index (χ3n) is 2.29. The van der Waals surface area contributed by atoms with Crippen molar-refractivity contribution >= 4 is 12.9 Å². The largest absolute Gasteiger partial charge is 0.673 e. The van der Waals surface area contributed by atoms with E-state index >= 15 is 0 Å². The summed E-state index contributed by atoms with van der Waals surface area (Å²) in [4.78, 5) is 5.02. The predicted octanol–water partition coefficient (Wildman–Crippen LogP) is 2.26. The summed E-state index contributed by atoms with van der Waals surface area (Å²) in [6.07, 6.45) is 0. The average Bonchev–Trinajstić information content (AvgIpc) is 2.38. The summed E-state index contributed by atoms with van der Waals surface area (Å²) in [5.74, 6) is 0. The third-order valence-corrected chi connectivity index (χ3v) is 2.29. The summed E-state index contributed by atoms with van der Waals surface area (Å²) >= 11 is 0. The Hall–Kier alpha value is -1.70. The molecule has 0 heterocycles. The molecule has 1 aromatic rings. The lowest BCUT2D eigenvalue weighted by molar-refractivity contribution is 0.156. The smallest absolute Gasteiger partial charge is 0.418 e. The van der Waals surface area contributed by atoms with Gasteiger partial charge < -0.3 is 27.5 Å². The summed E-state index contributed by atoms with van der Waals surface area (Å²) in [5.41, 5.74) is 1.56. The Labute approximate surface area is 119 Å². The minimum absolute atomic E-state index is 0.0735. The second-order valence-electron chi connectivity index (χ2n) is 3.98. The lowest BCUT2D eigenvalue weighted by atomic mass is 10.2. The fraction of sp³-hybridized carbons (Fsp3) is 0.455. The highest BCUT2D eigenvalue weighted by molar-refractivity contribution is 6.50. The van der Waals surface area contributed by atoms with Crippen molar-refractivity contribution in [3.8, 4) is 0 Å². The molecule has 0 saturated carbocycles. The molecular weight excluding hydrogens is 293 g/mol. The van der Waals surface area contributed by atoms with Crippen LogP contribution in [0.1, 0.15) is 5.56 Å². The van der Waals surface area contributed by atoms with Crippen molar-refractivity contribution < 1.29 is 27.5 Å². The van der Waals surface area contributed by atoms with E-state index in [0.717, 1.165) is 5.56 Å². The molecule has 0 bridgehead atoms. The number of halogens is 4. The van der Waals surface area contributed by atoms with Gasteiger partial charge in [0.05, 0.1) is 13.2 Å². The summed E-state index contributed by atoms with van der Waals surface area (Å²) in [5, 5.41) is 26.2. The van der Waals surface area contributed by atoms with Crippen molar-refractivity contribution in [1.82, 2.24) is 4.90 Å². The molecule has 0 radical (unpaired) electrons. The van der Waals surface area contributed by atoms with E-state index in [9.17, 15) is 17.3 Å². The quantitative estimate of drug-likeness (QED) is 0.480. The molecule has 118 valence electrons. The van der Waals surface area contributed by atoms with Gasteiger partial charge in [-0.15, -0.1) is 0 Å². The molecule has 0 unspecified atom stereocenters. The zero-order valence-corrected chi connectivity index (χ0v) is 11.2. The van der Waals surface area contributed by atoms with Gasteiger partial charge in [-0.25, -0.2) is 0 Å². The lowest BCUT2D eigenvalue weighted by Gasteiger charge is -2.19. The van der Waals surface area contributed by atoms with Crippen LogP contribution in [-0.2, 0) is 6.54 Å². The Balaban J connectivity index is 0.000000690. The molecule has 0 aromatic heterocycles. The molecule has 0 atom stereocenters. The minimum Gasteiger partial charge on any atom is -0.418 e. The Bertz CT molecular complexity index is 425. The molecule has 5 nitrogen and oxygen atoms in total. The van der Waals surface area contributed by atoms with Gasteiger partial charge in [-0.3, -0.25) is 4.90 Å². The highest BCUT2D eigenvalue weighted by Crippen LogP contribution is 2.13. The van der Waals surface area contributed by atoms with E-state index in [0.29, 0.717) is 25.3 Å². The van der Waals surface area contributed by atoms with Gasteiger partial charge in [0.25, 0.3) is 0 Å². The fourth-order valence-corrected chi connectivity index (χ4v) is 1.48. The first-order chi connectivity index (χ1) is 9.80. The zero-order valence-electron chi connectivity index (χ0n) is 11.2. The van der Waals surface area contributed by atoms with E-state index in [-0.39, 0.29) is 13.2 Å². The zero-order chi connectivity index (χ0) is 16.3. The molecule has 10 heteroatoms. The number of diazo groups is 1. The van der Waals surface area contributed by atoms with Gasteiger partial charge in [0, 0.05) is 31.8 Å². The van der Waals surface area contributed by atoms with Crippen molar-refractivity contribution in [2.45, 2.75) is 6.54 Å². The van der Waals surface area contributed by atoms with Crippen LogP contribution in [0.3, 0.4) is 0 Å². The van der Waals surface area contributed by atoms with Crippen LogP contribution in [0.5, 0.6) is 0 Å². The van der Waals surface area contributed by atoms with Gasteiger partial charge >= 0.3 is 12.9 Å². The summed E-state index contributed by atoms with van der Waals surface area (Å²) in [7, 11) is -6.00. The fourth-order valence-electron chi connectivity index (χ4n) is 1.48. The molecule has 0 fully saturated rings. The predicted molar refractivity (Wildman–Crippen MR) is 70.8 cm³/mol. The van der Waals surface area contributed by atoms with Crippen LogP contribution in [0, 0.1) is 5.39 Å². The summed E-state index contributed by atoms with van der Waals surface area (Å²) in [6, 6.07) is 7.14. The number of rotatable bonds is 6. The van der Waals surface area contributed by atoms with Crippen LogP contribution in [0.25, 0.3) is 4.98 Å². The number of hydrogen-bond donors (Lipinski definition) is 2. The van der Waals surface area contributed by atoms with E-state index < -0.39 is 7.25 Å². The molecule has 1 rings (SSSR count). The first-order valence-corrected chi connectivity index (χ1v) is 6.05. The molecule has 0 saturated heterocycles. The molecular formula is C11H16BF4N3O2. The molecule has 0 aliphatic heterocycles. The maximum Gasteiger partial charge on any atom is 0.673 e. The average molecular weight is 309 g/mol. The van der Waals surface area contributed by atoms with Crippen LogP contribution in [0.15, 0.2) is 24.3 Å². The summed E-state index contributed by atoms with van der Waals surface area (Å²) in [6.45, 7) is 1.88. The van der Waals surface area contributed by atoms with Gasteiger partial charge in [-0.2, -0.15) is 0 Å². The Kier molecular flexibility index (Phi) is 9.28. The van der Waals surface area contributed by atoms with Gasteiger partial charge in [-0.1, -0.05) is 0 Å². The summed E-state index contributed by atoms with van der Waals surface area (Å²) < 4.78 is 39.0. The maximum absolute atomic E-state index is 9.75. The Morgan fingerprint density at radius 2 is 1.43 bits per heavy atom. The molecule has 2 N–H and O–H groups in total. The monoisotopic (exact) mass is 309 g/mol. The van der Waals surface area contributed by atoms with Crippen molar-refractivity contribution in [3.05, 3.63) is 34.8 Å². The standard InChI is InChI=1S/C11H16N3O2.BF4/c12-13-11-3-1-10(2-4-11)9-14(5-7-15)6-8-16;2-1(3,4)5/h1-4,15-16H,5-9H2;/q+1;-1. The number of aliphatic hydroxyl groups is 2. The van der Waals surface area contributed by atoms with Gasteiger partial charge in [0.1, 0.15) is 0 Å². The van der Waals surface area contributed by atoms with E-state index in [4.69, 9.17) is 15.6 Å². The molecule has 0 spiro atoms. The Morgan fingerprint density at radius 3 is 1.76 bits per heavy atom. The van der Waals surface area contributed by atoms with Crippen LogP contribution in [0.2, 0.25) is 0 Å². The highest BCUT2D eigenvalue weighted by atomic mass is 19.5. The van der Waals surface area contributed by atoms with Crippen molar-refractivity contribution in [2.75, 3.05) is 26.3 Å². The number of benzene rings is 1. The number of aliphatic hydroxyl groups excluding tert-OH is 2. The maximum atomic E-state index is 9.75. The van der Waals surface area contributed by atoms with Gasteiger partial charge in [0.15, 0.2) is 4.98 Å². The van der Waals surface area contributed by atoms with Crippen molar-refractivity contribution in [3.63, 3.8) is 0 Å². The van der Waals surface area contributed by atoms with Crippen molar-refractivity contribution in [2.24, 2.45) is 0 Å². The first kappa shape index (κ1) is 19.3. The number of nitrogens with zero attached hydrogens (tertiary/aromatic N) is 3. The second kappa shape index (κ2) is 10.1.